The number of benzene rings is 2. The van der Waals surface area contributed by atoms with Gasteiger partial charge in [-0.3, -0.25) is 4.79 Å². The first-order valence-corrected chi connectivity index (χ1v) is 10.7. The minimum Gasteiger partial charge on any atom is -0.356 e. The number of carbonyl (C=O) groups excluding carboxylic acids is 1. The Balaban J connectivity index is 1.66. The third-order valence-corrected chi connectivity index (χ3v) is 6.29. The minimum atomic E-state index is -3.67. The normalized spacial score (nSPS) is 11.4. The lowest BCUT2D eigenvalue weighted by Crippen LogP contribution is -2.25. The summed E-state index contributed by atoms with van der Waals surface area (Å²) >= 11 is 0. The zero-order valence-corrected chi connectivity index (χ0v) is 16.9. The van der Waals surface area contributed by atoms with Gasteiger partial charge in [0.25, 0.3) is 0 Å². The van der Waals surface area contributed by atoms with Crippen molar-refractivity contribution in [3.05, 3.63) is 71.2 Å². The van der Waals surface area contributed by atoms with E-state index in [1.807, 2.05) is 0 Å². The Labute approximate surface area is 168 Å². The number of aromatic nitrogens is 1. The number of nitrogens with zero attached hydrogens (tertiary/aromatic N) is 1. The van der Waals surface area contributed by atoms with Crippen molar-refractivity contribution in [3.63, 3.8) is 0 Å². The predicted molar refractivity (Wildman–Crippen MR) is 106 cm³/mol. The maximum absolute atomic E-state index is 12.9. The molecule has 0 fully saturated rings. The Kier molecular flexibility index (Phi) is 6.12. The molecular weight excluding hydrogens is 395 g/mol. The van der Waals surface area contributed by atoms with Gasteiger partial charge >= 0.3 is 0 Å². The molecule has 152 valence electrons. The van der Waals surface area contributed by atoms with Crippen LogP contribution in [0.5, 0.6) is 0 Å². The summed E-state index contributed by atoms with van der Waals surface area (Å²) in [6.07, 6.45) is -0.172. The number of aryl methyl sites for hydroxylation is 2. The summed E-state index contributed by atoms with van der Waals surface area (Å²) in [7, 11) is -3.67. The van der Waals surface area contributed by atoms with E-state index in [2.05, 4.69) is 10.5 Å². The molecule has 3 rings (SSSR count). The quantitative estimate of drug-likeness (QED) is 0.636. The highest BCUT2D eigenvalue weighted by atomic mass is 32.2. The Hall–Kier alpha value is -3.00. The predicted octanol–water partition coefficient (Wildman–Crippen LogP) is 3.58. The zero-order chi connectivity index (χ0) is 21.0. The van der Waals surface area contributed by atoms with Crippen LogP contribution in [0.1, 0.15) is 23.2 Å². The molecule has 0 aliphatic rings. The van der Waals surface area contributed by atoms with E-state index in [1.54, 1.807) is 50.2 Å². The molecule has 0 saturated carbocycles. The molecule has 8 heteroatoms. The summed E-state index contributed by atoms with van der Waals surface area (Å²) in [6.45, 7) is 3.69. The molecule has 1 amide bonds. The van der Waals surface area contributed by atoms with Crippen LogP contribution >= 0.6 is 0 Å². The van der Waals surface area contributed by atoms with Crippen molar-refractivity contribution in [2.45, 2.75) is 31.7 Å². The van der Waals surface area contributed by atoms with Gasteiger partial charge in [0.05, 0.1) is 16.3 Å². The summed E-state index contributed by atoms with van der Waals surface area (Å²) in [5.74, 6) is -0.583. The maximum Gasteiger partial charge on any atom is 0.221 e. The van der Waals surface area contributed by atoms with Crippen molar-refractivity contribution < 1.29 is 22.1 Å². The number of rotatable bonds is 7. The van der Waals surface area contributed by atoms with Gasteiger partial charge in [-0.2, -0.15) is 0 Å². The molecule has 29 heavy (non-hydrogen) atoms. The van der Waals surface area contributed by atoms with E-state index in [1.165, 1.54) is 12.1 Å². The molecular formula is C21H21FN2O4S. The van der Waals surface area contributed by atoms with Gasteiger partial charge in [0, 0.05) is 24.6 Å². The molecule has 0 spiro atoms. The number of nitrogens with one attached hydrogen (secondary N) is 1. The molecule has 0 unspecified atom stereocenters. The van der Waals surface area contributed by atoms with Crippen LogP contribution in [0.4, 0.5) is 4.39 Å². The van der Waals surface area contributed by atoms with Crippen molar-refractivity contribution in [2.24, 2.45) is 0 Å². The fourth-order valence-corrected chi connectivity index (χ4v) is 4.36. The van der Waals surface area contributed by atoms with Crippen LogP contribution in [-0.4, -0.2) is 25.2 Å². The van der Waals surface area contributed by atoms with Crippen molar-refractivity contribution in [1.29, 1.82) is 0 Å². The van der Waals surface area contributed by atoms with Crippen LogP contribution in [0, 0.1) is 19.7 Å². The van der Waals surface area contributed by atoms with Crippen molar-refractivity contribution in [2.75, 3.05) is 5.75 Å². The van der Waals surface area contributed by atoms with Gasteiger partial charge in [-0.15, -0.1) is 0 Å². The molecule has 0 atom stereocenters. The second-order valence-electron chi connectivity index (χ2n) is 6.78. The lowest BCUT2D eigenvalue weighted by molar-refractivity contribution is -0.120. The lowest BCUT2D eigenvalue weighted by Gasteiger charge is -2.10. The minimum absolute atomic E-state index is 0.162. The van der Waals surface area contributed by atoms with E-state index >= 15 is 0 Å². The number of hydrogen-bond donors (Lipinski definition) is 1. The van der Waals surface area contributed by atoms with Crippen LogP contribution in [0.2, 0.25) is 0 Å². The second kappa shape index (κ2) is 8.57. The third kappa shape index (κ3) is 5.29. The fraction of sp³-hybridized carbons (Fsp3) is 0.238. The van der Waals surface area contributed by atoms with Crippen LogP contribution in [-0.2, 0) is 21.2 Å². The molecule has 0 radical (unpaired) electrons. The Bertz CT molecular complexity index is 1120. The molecule has 0 saturated heterocycles. The fourth-order valence-electron chi connectivity index (χ4n) is 2.82. The smallest absolute Gasteiger partial charge is 0.221 e. The van der Waals surface area contributed by atoms with Crippen LogP contribution < -0.4 is 5.32 Å². The lowest BCUT2D eigenvalue weighted by atomic mass is 10.1. The van der Waals surface area contributed by atoms with E-state index in [4.69, 9.17) is 4.52 Å². The monoisotopic (exact) mass is 416 g/mol. The average Bonchev–Trinajstić information content (AvgIpc) is 3.12. The molecule has 1 aromatic heterocycles. The molecule has 1 heterocycles. The first-order chi connectivity index (χ1) is 13.7. The average molecular weight is 416 g/mol. The molecule has 0 aliphatic carbocycles. The number of carbonyl (C=O) groups is 1. The molecule has 3 aromatic rings. The van der Waals surface area contributed by atoms with Crippen molar-refractivity contribution >= 4 is 15.7 Å². The van der Waals surface area contributed by atoms with E-state index in [0.717, 1.165) is 5.56 Å². The van der Waals surface area contributed by atoms with Crippen molar-refractivity contribution in [1.82, 2.24) is 10.5 Å². The highest BCUT2D eigenvalue weighted by Gasteiger charge is 2.20. The summed E-state index contributed by atoms with van der Waals surface area (Å²) in [6, 6.07) is 12.5. The van der Waals surface area contributed by atoms with Gasteiger partial charge < -0.3 is 9.84 Å². The standard InChI is InChI=1S/C21H21FN2O4S/c1-14-3-6-17(19-11-15(2)24-28-19)12-20(14)29(26,27)10-9-21(25)23-13-16-4-7-18(22)8-5-16/h3-8,11-12H,9-10,13H2,1-2H3,(H,23,25). The summed E-state index contributed by atoms with van der Waals surface area (Å²) in [5, 5.41) is 6.47. The Morgan fingerprint density at radius 3 is 2.48 bits per heavy atom. The van der Waals surface area contributed by atoms with E-state index < -0.39 is 15.7 Å². The van der Waals surface area contributed by atoms with Gasteiger partial charge in [-0.05, 0) is 43.2 Å². The van der Waals surface area contributed by atoms with Gasteiger partial charge in [0.1, 0.15) is 5.82 Å². The van der Waals surface area contributed by atoms with Crippen LogP contribution in [0.25, 0.3) is 11.3 Å². The summed E-state index contributed by atoms with van der Waals surface area (Å²) in [5.41, 5.74) is 2.63. The number of amides is 1. The van der Waals surface area contributed by atoms with Crippen molar-refractivity contribution in [3.8, 4) is 11.3 Å². The summed E-state index contributed by atoms with van der Waals surface area (Å²) < 4.78 is 43.7. The molecule has 6 nitrogen and oxygen atoms in total. The molecule has 0 aliphatic heterocycles. The molecule has 0 bridgehead atoms. The Morgan fingerprint density at radius 1 is 1.10 bits per heavy atom. The molecule has 1 N–H and O–H groups in total. The van der Waals surface area contributed by atoms with Gasteiger partial charge in [0.15, 0.2) is 15.6 Å². The third-order valence-electron chi connectivity index (χ3n) is 4.44. The van der Waals surface area contributed by atoms with Gasteiger partial charge in [0.2, 0.25) is 5.91 Å². The highest BCUT2D eigenvalue weighted by Crippen LogP contribution is 2.26. The van der Waals surface area contributed by atoms with E-state index in [-0.39, 0.29) is 29.4 Å². The van der Waals surface area contributed by atoms with Gasteiger partial charge in [-0.25, -0.2) is 12.8 Å². The number of hydrogen-bond acceptors (Lipinski definition) is 5. The SMILES string of the molecule is Cc1cc(-c2ccc(C)c(S(=O)(=O)CCC(=O)NCc3ccc(F)cc3)c2)on1. The number of halogens is 1. The zero-order valence-electron chi connectivity index (χ0n) is 16.1. The topological polar surface area (TPSA) is 89.3 Å². The maximum atomic E-state index is 12.9. The van der Waals surface area contributed by atoms with Crippen LogP contribution in [0.15, 0.2) is 57.9 Å². The second-order valence-corrected chi connectivity index (χ2v) is 8.86. The number of sulfone groups is 1. The van der Waals surface area contributed by atoms with E-state index in [9.17, 15) is 17.6 Å². The largest absolute Gasteiger partial charge is 0.356 e. The molecule has 2 aromatic carbocycles. The first-order valence-electron chi connectivity index (χ1n) is 9.03. The highest BCUT2D eigenvalue weighted by molar-refractivity contribution is 7.91. The summed E-state index contributed by atoms with van der Waals surface area (Å²) in [4.78, 5) is 12.2. The van der Waals surface area contributed by atoms with E-state index in [0.29, 0.717) is 22.6 Å². The first kappa shape index (κ1) is 20.7. The Morgan fingerprint density at radius 2 is 1.83 bits per heavy atom. The van der Waals surface area contributed by atoms with Gasteiger partial charge in [-0.1, -0.05) is 29.4 Å². The van der Waals surface area contributed by atoms with Crippen LogP contribution in [0.3, 0.4) is 0 Å².